The summed E-state index contributed by atoms with van der Waals surface area (Å²) in [6.07, 6.45) is 4.03. The largest absolute Gasteiger partial charge is 0.306 e. The van der Waals surface area contributed by atoms with Crippen LogP contribution in [0.2, 0.25) is 0 Å². The third-order valence-electron chi connectivity index (χ3n) is 3.08. The highest BCUT2D eigenvalue weighted by Gasteiger charge is 2.22. The Hall–Kier alpha value is -0.410. The van der Waals surface area contributed by atoms with E-state index in [1.165, 1.54) is 25.0 Å². The van der Waals surface area contributed by atoms with Crippen LogP contribution in [0.1, 0.15) is 44.8 Å². The molecule has 0 aliphatic heterocycles. The van der Waals surface area contributed by atoms with Crippen molar-refractivity contribution in [1.82, 2.24) is 10.3 Å². The van der Waals surface area contributed by atoms with Crippen molar-refractivity contribution in [2.75, 3.05) is 0 Å². The van der Waals surface area contributed by atoms with E-state index in [1.807, 2.05) is 5.51 Å². The SMILES string of the molecule is CC1CCC(NC(C)c2cscn2)C1. The molecule has 1 aromatic rings. The first-order valence-electron chi connectivity index (χ1n) is 5.40. The molecule has 1 saturated carbocycles. The molecule has 3 unspecified atom stereocenters. The van der Waals surface area contributed by atoms with Gasteiger partial charge >= 0.3 is 0 Å². The second-order valence-electron chi connectivity index (χ2n) is 4.42. The van der Waals surface area contributed by atoms with Crippen LogP contribution in [0.4, 0.5) is 0 Å². The number of hydrogen-bond donors (Lipinski definition) is 1. The van der Waals surface area contributed by atoms with Crippen LogP contribution in [0.3, 0.4) is 0 Å². The smallest absolute Gasteiger partial charge is 0.0795 e. The van der Waals surface area contributed by atoms with Crippen molar-refractivity contribution in [3.8, 4) is 0 Å². The minimum Gasteiger partial charge on any atom is -0.306 e. The molecule has 0 saturated heterocycles. The Morgan fingerprint density at radius 1 is 1.57 bits per heavy atom. The zero-order valence-corrected chi connectivity index (χ0v) is 9.68. The number of aromatic nitrogens is 1. The summed E-state index contributed by atoms with van der Waals surface area (Å²) in [4.78, 5) is 4.33. The van der Waals surface area contributed by atoms with E-state index in [0.717, 1.165) is 5.92 Å². The lowest BCUT2D eigenvalue weighted by Crippen LogP contribution is -2.29. The molecule has 0 spiro atoms. The molecule has 1 fully saturated rings. The number of thiazole rings is 1. The number of hydrogen-bond acceptors (Lipinski definition) is 3. The average Bonchev–Trinajstić information content (AvgIpc) is 2.75. The normalized spacial score (nSPS) is 29.3. The van der Waals surface area contributed by atoms with Crippen molar-refractivity contribution < 1.29 is 0 Å². The molecular weight excluding hydrogens is 192 g/mol. The van der Waals surface area contributed by atoms with Gasteiger partial charge in [0.15, 0.2) is 0 Å². The number of rotatable bonds is 3. The van der Waals surface area contributed by atoms with Gasteiger partial charge in [0.05, 0.1) is 11.2 Å². The maximum Gasteiger partial charge on any atom is 0.0795 e. The fraction of sp³-hybridized carbons (Fsp3) is 0.727. The predicted octanol–water partition coefficient (Wildman–Crippen LogP) is 2.98. The molecule has 2 rings (SSSR count). The molecule has 0 aromatic carbocycles. The summed E-state index contributed by atoms with van der Waals surface area (Å²) < 4.78 is 0. The van der Waals surface area contributed by atoms with Crippen LogP contribution in [-0.2, 0) is 0 Å². The second kappa shape index (κ2) is 4.41. The van der Waals surface area contributed by atoms with Gasteiger partial charge in [0.2, 0.25) is 0 Å². The molecular formula is C11H18N2S. The van der Waals surface area contributed by atoms with Gasteiger partial charge in [-0.15, -0.1) is 11.3 Å². The summed E-state index contributed by atoms with van der Waals surface area (Å²) in [5, 5.41) is 5.79. The summed E-state index contributed by atoms with van der Waals surface area (Å²) in [5.74, 6) is 0.898. The second-order valence-corrected chi connectivity index (χ2v) is 5.14. The first kappa shape index (κ1) is 10.1. The molecule has 14 heavy (non-hydrogen) atoms. The molecule has 0 radical (unpaired) electrons. The van der Waals surface area contributed by atoms with Crippen LogP contribution in [0.25, 0.3) is 0 Å². The highest BCUT2D eigenvalue weighted by Crippen LogP contribution is 2.26. The molecule has 3 atom stereocenters. The van der Waals surface area contributed by atoms with E-state index < -0.39 is 0 Å². The van der Waals surface area contributed by atoms with E-state index in [1.54, 1.807) is 11.3 Å². The Bertz CT molecular complexity index is 271. The van der Waals surface area contributed by atoms with Gasteiger partial charge in [0, 0.05) is 17.5 Å². The Balaban J connectivity index is 1.86. The monoisotopic (exact) mass is 210 g/mol. The summed E-state index contributed by atoms with van der Waals surface area (Å²) in [5.41, 5.74) is 3.10. The van der Waals surface area contributed by atoms with E-state index in [4.69, 9.17) is 0 Å². The molecule has 1 aliphatic rings. The number of nitrogens with one attached hydrogen (secondary N) is 1. The fourth-order valence-corrected chi connectivity index (χ4v) is 2.88. The molecule has 1 aromatic heterocycles. The van der Waals surface area contributed by atoms with Crippen molar-refractivity contribution >= 4 is 11.3 Å². The Kier molecular flexibility index (Phi) is 3.19. The van der Waals surface area contributed by atoms with Crippen molar-refractivity contribution in [2.24, 2.45) is 5.92 Å². The summed E-state index contributed by atoms with van der Waals surface area (Å²) >= 11 is 1.68. The van der Waals surface area contributed by atoms with Crippen molar-refractivity contribution in [3.63, 3.8) is 0 Å². The summed E-state index contributed by atoms with van der Waals surface area (Å²) in [7, 11) is 0. The summed E-state index contributed by atoms with van der Waals surface area (Å²) in [6.45, 7) is 4.55. The quantitative estimate of drug-likeness (QED) is 0.829. The molecule has 78 valence electrons. The third kappa shape index (κ3) is 2.34. The molecule has 1 heterocycles. The fourth-order valence-electron chi connectivity index (χ4n) is 2.23. The van der Waals surface area contributed by atoms with Crippen LogP contribution in [0.5, 0.6) is 0 Å². The zero-order chi connectivity index (χ0) is 9.97. The summed E-state index contributed by atoms with van der Waals surface area (Å²) in [6, 6.07) is 1.12. The van der Waals surface area contributed by atoms with E-state index in [0.29, 0.717) is 12.1 Å². The lowest BCUT2D eigenvalue weighted by Gasteiger charge is -2.17. The molecule has 1 N–H and O–H groups in total. The van der Waals surface area contributed by atoms with Crippen molar-refractivity contribution in [3.05, 3.63) is 16.6 Å². The van der Waals surface area contributed by atoms with Gasteiger partial charge in [-0.2, -0.15) is 0 Å². The Morgan fingerprint density at radius 2 is 2.43 bits per heavy atom. The first-order chi connectivity index (χ1) is 6.75. The molecule has 3 heteroatoms. The van der Waals surface area contributed by atoms with E-state index in [2.05, 4.69) is 29.5 Å². The molecule has 0 amide bonds. The van der Waals surface area contributed by atoms with Gasteiger partial charge in [0.25, 0.3) is 0 Å². The van der Waals surface area contributed by atoms with Crippen LogP contribution < -0.4 is 5.32 Å². The first-order valence-corrected chi connectivity index (χ1v) is 6.34. The minimum absolute atomic E-state index is 0.413. The minimum atomic E-state index is 0.413. The molecule has 1 aliphatic carbocycles. The van der Waals surface area contributed by atoms with Crippen LogP contribution in [0.15, 0.2) is 10.9 Å². The van der Waals surface area contributed by atoms with Crippen molar-refractivity contribution in [2.45, 2.75) is 45.2 Å². The van der Waals surface area contributed by atoms with E-state index in [9.17, 15) is 0 Å². The maximum atomic E-state index is 4.33. The van der Waals surface area contributed by atoms with Gasteiger partial charge in [-0.1, -0.05) is 6.92 Å². The van der Waals surface area contributed by atoms with Crippen molar-refractivity contribution in [1.29, 1.82) is 0 Å². The highest BCUT2D eigenvalue weighted by molar-refractivity contribution is 7.07. The third-order valence-corrected chi connectivity index (χ3v) is 3.68. The van der Waals surface area contributed by atoms with E-state index >= 15 is 0 Å². The number of nitrogens with zero attached hydrogens (tertiary/aromatic N) is 1. The van der Waals surface area contributed by atoms with Gasteiger partial charge in [0.1, 0.15) is 0 Å². The van der Waals surface area contributed by atoms with Gasteiger partial charge in [-0.05, 0) is 32.1 Å². The topological polar surface area (TPSA) is 24.9 Å². The lowest BCUT2D eigenvalue weighted by molar-refractivity contribution is 0.444. The highest BCUT2D eigenvalue weighted by atomic mass is 32.1. The molecule has 2 nitrogen and oxygen atoms in total. The van der Waals surface area contributed by atoms with E-state index in [-0.39, 0.29) is 0 Å². The van der Waals surface area contributed by atoms with Crippen LogP contribution in [-0.4, -0.2) is 11.0 Å². The van der Waals surface area contributed by atoms with Gasteiger partial charge < -0.3 is 5.32 Å². The van der Waals surface area contributed by atoms with Gasteiger partial charge in [-0.3, -0.25) is 0 Å². The predicted molar refractivity (Wildman–Crippen MR) is 60.5 cm³/mol. The average molecular weight is 210 g/mol. The lowest BCUT2D eigenvalue weighted by atomic mass is 10.1. The zero-order valence-electron chi connectivity index (χ0n) is 8.86. The van der Waals surface area contributed by atoms with Crippen LogP contribution in [0, 0.1) is 5.92 Å². The van der Waals surface area contributed by atoms with Crippen LogP contribution >= 0.6 is 11.3 Å². The standard InChI is InChI=1S/C11H18N2S/c1-8-3-4-10(5-8)13-9(2)11-6-14-7-12-11/h6-10,13H,3-5H2,1-2H3. The maximum absolute atomic E-state index is 4.33. The Morgan fingerprint density at radius 3 is 3.00 bits per heavy atom. The molecule has 0 bridgehead atoms. The Labute approximate surface area is 89.8 Å². The van der Waals surface area contributed by atoms with Gasteiger partial charge in [-0.25, -0.2) is 4.98 Å².